The summed E-state index contributed by atoms with van der Waals surface area (Å²) >= 11 is 3.43. The lowest BCUT2D eigenvalue weighted by atomic mass is 10.3. The van der Waals surface area contributed by atoms with Crippen LogP contribution in [0.3, 0.4) is 0 Å². The number of aromatic nitrogens is 2. The van der Waals surface area contributed by atoms with E-state index in [1.54, 1.807) is 0 Å². The van der Waals surface area contributed by atoms with E-state index in [2.05, 4.69) is 48.7 Å². The minimum absolute atomic E-state index is 0.857. The lowest BCUT2D eigenvalue weighted by Crippen LogP contribution is -2.38. The van der Waals surface area contributed by atoms with Crippen molar-refractivity contribution in [3.05, 3.63) is 29.0 Å². The lowest BCUT2D eigenvalue weighted by molar-refractivity contribution is 0.0365. The fourth-order valence-electron chi connectivity index (χ4n) is 2.29. The van der Waals surface area contributed by atoms with E-state index in [0.717, 1.165) is 49.6 Å². The van der Waals surface area contributed by atoms with Gasteiger partial charge in [-0.1, -0.05) is 0 Å². The van der Waals surface area contributed by atoms with Gasteiger partial charge in [0.2, 0.25) is 0 Å². The zero-order chi connectivity index (χ0) is 12.4. The molecule has 0 aromatic carbocycles. The Morgan fingerprint density at radius 3 is 2.83 bits per heavy atom. The number of ether oxygens (including phenoxy) is 1. The largest absolute Gasteiger partial charge is 0.379 e. The summed E-state index contributed by atoms with van der Waals surface area (Å²) in [7, 11) is 0. The van der Waals surface area contributed by atoms with Gasteiger partial charge in [0, 0.05) is 37.8 Å². The molecule has 0 unspecified atom stereocenters. The summed E-state index contributed by atoms with van der Waals surface area (Å²) < 4.78 is 8.46. The number of hydrogen-bond donors (Lipinski definition) is 0. The summed E-state index contributed by atoms with van der Waals surface area (Å²) in [4.78, 5) is 6.97. The maximum Gasteiger partial charge on any atom is 0.141 e. The lowest BCUT2D eigenvalue weighted by Gasteiger charge is -2.26. The van der Waals surface area contributed by atoms with Gasteiger partial charge in [-0.3, -0.25) is 4.90 Å². The molecule has 3 rings (SSSR count). The van der Waals surface area contributed by atoms with Gasteiger partial charge in [0.25, 0.3) is 0 Å². The number of halogens is 1. The van der Waals surface area contributed by atoms with Gasteiger partial charge in [0.15, 0.2) is 0 Å². The van der Waals surface area contributed by atoms with Crippen LogP contribution in [0.2, 0.25) is 0 Å². The van der Waals surface area contributed by atoms with E-state index in [-0.39, 0.29) is 0 Å². The van der Waals surface area contributed by atoms with Crippen molar-refractivity contribution in [2.45, 2.75) is 6.54 Å². The zero-order valence-electron chi connectivity index (χ0n) is 10.2. The van der Waals surface area contributed by atoms with Crippen molar-refractivity contribution in [3.63, 3.8) is 0 Å². The van der Waals surface area contributed by atoms with Crippen molar-refractivity contribution in [2.24, 2.45) is 0 Å². The van der Waals surface area contributed by atoms with Gasteiger partial charge in [-0.05, 0) is 34.1 Å². The molecule has 0 saturated carbocycles. The van der Waals surface area contributed by atoms with Gasteiger partial charge < -0.3 is 9.30 Å². The van der Waals surface area contributed by atoms with Crippen molar-refractivity contribution in [1.82, 2.24) is 14.5 Å². The van der Waals surface area contributed by atoms with Crippen molar-refractivity contribution < 1.29 is 4.74 Å². The maximum absolute atomic E-state index is 5.36. The quantitative estimate of drug-likeness (QED) is 0.814. The third kappa shape index (κ3) is 2.58. The Morgan fingerprint density at radius 1 is 1.17 bits per heavy atom. The van der Waals surface area contributed by atoms with Crippen LogP contribution in [0.15, 0.2) is 29.0 Å². The molecule has 5 heteroatoms. The Bertz CT molecular complexity index is 534. The second-order valence-corrected chi connectivity index (χ2v) is 5.32. The van der Waals surface area contributed by atoms with Crippen LogP contribution in [0.4, 0.5) is 0 Å². The molecule has 0 atom stereocenters. The van der Waals surface area contributed by atoms with Crippen molar-refractivity contribution in [3.8, 4) is 0 Å². The molecule has 0 amide bonds. The van der Waals surface area contributed by atoms with E-state index < -0.39 is 0 Å². The van der Waals surface area contributed by atoms with Crippen LogP contribution in [0.25, 0.3) is 11.0 Å². The smallest absolute Gasteiger partial charge is 0.141 e. The van der Waals surface area contributed by atoms with E-state index in [1.807, 2.05) is 6.07 Å². The monoisotopic (exact) mass is 309 g/mol. The molecule has 0 N–H and O–H groups in total. The highest BCUT2D eigenvalue weighted by Gasteiger charge is 2.10. The topological polar surface area (TPSA) is 30.3 Å². The first-order valence-corrected chi connectivity index (χ1v) is 7.04. The third-order valence-electron chi connectivity index (χ3n) is 3.34. The predicted molar refractivity (Wildman–Crippen MR) is 74.7 cm³/mol. The van der Waals surface area contributed by atoms with Crippen LogP contribution in [0.1, 0.15) is 0 Å². The standard InChI is InChI=1S/C13H16BrN3O/c14-12-2-1-11-3-4-17(13(11)15-12)6-5-16-7-9-18-10-8-16/h1-4H,5-10H2. The molecular formula is C13H16BrN3O. The Kier molecular flexibility index (Phi) is 3.63. The van der Waals surface area contributed by atoms with Crippen LogP contribution in [0, 0.1) is 0 Å². The molecule has 0 aliphatic carbocycles. The summed E-state index contributed by atoms with van der Waals surface area (Å²) in [5, 5.41) is 1.19. The van der Waals surface area contributed by atoms with Gasteiger partial charge in [-0.2, -0.15) is 0 Å². The molecule has 96 valence electrons. The number of rotatable bonds is 3. The highest BCUT2D eigenvalue weighted by molar-refractivity contribution is 9.10. The van der Waals surface area contributed by atoms with Gasteiger partial charge >= 0.3 is 0 Å². The summed E-state index contributed by atoms with van der Waals surface area (Å²) in [5.41, 5.74) is 1.05. The SMILES string of the molecule is Brc1ccc2ccn(CCN3CCOCC3)c2n1. The van der Waals surface area contributed by atoms with Gasteiger partial charge in [-0.25, -0.2) is 4.98 Å². The van der Waals surface area contributed by atoms with Gasteiger partial charge in [-0.15, -0.1) is 0 Å². The van der Waals surface area contributed by atoms with Gasteiger partial charge in [0.05, 0.1) is 13.2 Å². The van der Waals surface area contributed by atoms with Crippen molar-refractivity contribution in [1.29, 1.82) is 0 Å². The van der Waals surface area contributed by atoms with Crippen LogP contribution >= 0.6 is 15.9 Å². The number of pyridine rings is 1. The Morgan fingerprint density at radius 2 is 2.00 bits per heavy atom. The van der Waals surface area contributed by atoms with E-state index in [9.17, 15) is 0 Å². The highest BCUT2D eigenvalue weighted by atomic mass is 79.9. The molecule has 4 nitrogen and oxygen atoms in total. The Balaban J connectivity index is 1.72. The molecule has 0 bridgehead atoms. The molecule has 3 heterocycles. The van der Waals surface area contributed by atoms with Crippen LogP contribution < -0.4 is 0 Å². The summed E-state index contributed by atoms with van der Waals surface area (Å²) in [5.74, 6) is 0. The second kappa shape index (κ2) is 5.38. The van der Waals surface area contributed by atoms with Gasteiger partial charge in [0.1, 0.15) is 10.3 Å². The molecule has 1 fully saturated rings. The summed E-state index contributed by atoms with van der Waals surface area (Å²) in [6.45, 7) is 5.83. The highest BCUT2D eigenvalue weighted by Crippen LogP contribution is 2.17. The van der Waals surface area contributed by atoms with Crippen LogP contribution in [-0.4, -0.2) is 47.3 Å². The number of fused-ring (bicyclic) bond motifs is 1. The molecule has 2 aromatic heterocycles. The minimum atomic E-state index is 0.857. The zero-order valence-corrected chi connectivity index (χ0v) is 11.8. The average molecular weight is 310 g/mol. The molecule has 1 aliphatic rings. The fourth-order valence-corrected chi connectivity index (χ4v) is 2.59. The van der Waals surface area contributed by atoms with E-state index in [1.165, 1.54) is 5.39 Å². The Labute approximate surface area is 115 Å². The number of nitrogens with zero attached hydrogens (tertiary/aromatic N) is 3. The predicted octanol–water partition coefficient (Wildman–Crippen LogP) is 2.13. The first-order chi connectivity index (χ1) is 8.83. The number of morpholine rings is 1. The van der Waals surface area contributed by atoms with E-state index in [0.29, 0.717) is 0 Å². The maximum atomic E-state index is 5.36. The first kappa shape index (κ1) is 12.1. The van der Waals surface area contributed by atoms with Crippen molar-refractivity contribution in [2.75, 3.05) is 32.8 Å². The Hall–Kier alpha value is -0.910. The summed E-state index contributed by atoms with van der Waals surface area (Å²) in [6, 6.07) is 6.19. The first-order valence-electron chi connectivity index (χ1n) is 6.24. The van der Waals surface area contributed by atoms with E-state index >= 15 is 0 Å². The number of hydrogen-bond acceptors (Lipinski definition) is 3. The summed E-state index contributed by atoms with van der Waals surface area (Å²) in [6.07, 6.45) is 2.12. The van der Waals surface area contributed by atoms with Crippen molar-refractivity contribution >= 4 is 27.0 Å². The third-order valence-corrected chi connectivity index (χ3v) is 3.78. The molecule has 0 spiro atoms. The van der Waals surface area contributed by atoms with Crippen LogP contribution in [0.5, 0.6) is 0 Å². The molecular weight excluding hydrogens is 294 g/mol. The average Bonchev–Trinajstić information content (AvgIpc) is 2.80. The molecule has 1 aliphatic heterocycles. The molecule has 0 radical (unpaired) electrons. The second-order valence-electron chi connectivity index (χ2n) is 4.51. The fraction of sp³-hybridized carbons (Fsp3) is 0.462. The van der Waals surface area contributed by atoms with E-state index in [4.69, 9.17) is 4.74 Å². The minimum Gasteiger partial charge on any atom is -0.379 e. The van der Waals surface area contributed by atoms with Crippen LogP contribution in [-0.2, 0) is 11.3 Å². The molecule has 18 heavy (non-hydrogen) atoms. The molecule has 2 aromatic rings. The normalized spacial score (nSPS) is 17.4. The molecule has 1 saturated heterocycles.